The van der Waals surface area contributed by atoms with Gasteiger partial charge in [-0.3, -0.25) is 9.48 Å². The van der Waals surface area contributed by atoms with E-state index in [9.17, 15) is 4.79 Å². The lowest BCUT2D eigenvalue weighted by Gasteiger charge is -2.15. The fraction of sp³-hybridized carbons (Fsp3) is 0.417. The average Bonchev–Trinajstić information content (AvgIpc) is 2.94. The standard InChI is InChI=1S/C12H17N5O/c1-4-10(9-5-14-17(3)7-9)15-12(18)11-6-13-8-16(11)2/h5-8,10H,4H2,1-3H3,(H,15,18)/t10-/m1/s1. The minimum atomic E-state index is -0.120. The highest BCUT2D eigenvalue weighted by Gasteiger charge is 2.17. The lowest BCUT2D eigenvalue weighted by Crippen LogP contribution is -2.29. The first-order valence-electron chi connectivity index (χ1n) is 5.87. The van der Waals surface area contributed by atoms with Gasteiger partial charge in [-0.25, -0.2) is 4.98 Å². The largest absolute Gasteiger partial charge is 0.344 e. The minimum absolute atomic E-state index is 0.0268. The second-order valence-electron chi connectivity index (χ2n) is 4.27. The summed E-state index contributed by atoms with van der Waals surface area (Å²) in [5, 5.41) is 7.11. The third kappa shape index (κ3) is 2.42. The van der Waals surface area contributed by atoms with Crippen molar-refractivity contribution < 1.29 is 4.79 Å². The third-order valence-electron chi connectivity index (χ3n) is 2.89. The van der Waals surface area contributed by atoms with E-state index in [1.165, 1.54) is 0 Å². The Kier molecular flexibility index (Phi) is 3.45. The molecular formula is C12H17N5O. The van der Waals surface area contributed by atoms with Gasteiger partial charge in [0.1, 0.15) is 5.69 Å². The second kappa shape index (κ2) is 5.03. The van der Waals surface area contributed by atoms with Crippen LogP contribution in [0.2, 0.25) is 0 Å². The number of hydrogen-bond acceptors (Lipinski definition) is 3. The van der Waals surface area contributed by atoms with Crippen LogP contribution in [0.3, 0.4) is 0 Å². The first-order chi connectivity index (χ1) is 8.61. The number of carbonyl (C=O) groups excluding carboxylic acids is 1. The van der Waals surface area contributed by atoms with Crippen LogP contribution in [0, 0.1) is 0 Å². The molecule has 0 radical (unpaired) electrons. The summed E-state index contributed by atoms with van der Waals surface area (Å²) < 4.78 is 3.43. The molecule has 18 heavy (non-hydrogen) atoms. The molecule has 0 spiro atoms. The monoisotopic (exact) mass is 247 g/mol. The third-order valence-corrected chi connectivity index (χ3v) is 2.89. The number of amides is 1. The van der Waals surface area contributed by atoms with Crippen molar-refractivity contribution in [1.29, 1.82) is 0 Å². The maximum absolute atomic E-state index is 12.1. The summed E-state index contributed by atoms with van der Waals surface area (Å²) in [6.07, 6.45) is 7.68. The van der Waals surface area contributed by atoms with Crippen LogP contribution in [0.15, 0.2) is 24.9 Å². The fourth-order valence-electron chi connectivity index (χ4n) is 1.85. The molecular weight excluding hydrogens is 230 g/mol. The summed E-state index contributed by atoms with van der Waals surface area (Å²) in [6, 6.07) is -0.0268. The van der Waals surface area contributed by atoms with Crippen LogP contribution < -0.4 is 5.32 Å². The highest BCUT2D eigenvalue weighted by atomic mass is 16.2. The lowest BCUT2D eigenvalue weighted by atomic mass is 10.1. The number of aryl methyl sites for hydroxylation is 2. The SMILES string of the molecule is CC[C@@H](NC(=O)c1cncn1C)c1cnn(C)c1. The number of aromatic nitrogens is 4. The van der Waals surface area contributed by atoms with Crippen LogP contribution in [0.1, 0.15) is 35.4 Å². The molecule has 0 fully saturated rings. The van der Waals surface area contributed by atoms with E-state index >= 15 is 0 Å². The minimum Gasteiger partial charge on any atom is -0.344 e. The van der Waals surface area contributed by atoms with Gasteiger partial charge >= 0.3 is 0 Å². The first-order valence-corrected chi connectivity index (χ1v) is 5.87. The van der Waals surface area contributed by atoms with E-state index in [4.69, 9.17) is 0 Å². The molecule has 96 valence electrons. The average molecular weight is 247 g/mol. The van der Waals surface area contributed by atoms with Gasteiger partial charge in [-0.2, -0.15) is 5.10 Å². The van der Waals surface area contributed by atoms with E-state index in [0.717, 1.165) is 12.0 Å². The zero-order valence-electron chi connectivity index (χ0n) is 10.8. The Morgan fingerprint density at radius 3 is 2.72 bits per heavy atom. The highest BCUT2D eigenvalue weighted by Crippen LogP contribution is 2.16. The van der Waals surface area contributed by atoms with Crippen LogP contribution in [0.4, 0.5) is 0 Å². The Balaban J connectivity index is 2.12. The van der Waals surface area contributed by atoms with Crippen molar-refractivity contribution in [3.63, 3.8) is 0 Å². The molecule has 2 heterocycles. The summed E-state index contributed by atoms with van der Waals surface area (Å²) in [7, 11) is 3.66. The first kappa shape index (κ1) is 12.3. The summed E-state index contributed by atoms with van der Waals surface area (Å²) in [5.74, 6) is -0.120. The van der Waals surface area contributed by atoms with Crippen molar-refractivity contribution in [3.05, 3.63) is 36.2 Å². The number of rotatable bonds is 4. The van der Waals surface area contributed by atoms with E-state index in [1.807, 2.05) is 20.2 Å². The predicted molar refractivity (Wildman–Crippen MR) is 66.9 cm³/mol. The second-order valence-corrected chi connectivity index (χ2v) is 4.27. The predicted octanol–water partition coefficient (Wildman–Crippen LogP) is 1.03. The number of imidazole rings is 1. The summed E-state index contributed by atoms with van der Waals surface area (Å²) in [4.78, 5) is 16.0. The van der Waals surface area contributed by atoms with Gasteiger partial charge in [-0.15, -0.1) is 0 Å². The van der Waals surface area contributed by atoms with Gasteiger partial charge in [0.15, 0.2) is 0 Å². The maximum Gasteiger partial charge on any atom is 0.270 e. The van der Waals surface area contributed by atoms with Crippen molar-refractivity contribution >= 4 is 5.91 Å². The molecule has 0 aromatic carbocycles. The normalized spacial score (nSPS) is 12.4. The Morgan fingerprint density at radius 2 is 2.22 bits per heavy atom. The number of hydrogen-bond donors (Lipinski definition) is 1. The Morgan fingerprint density at radius 1 is 1.44 bits per heavy atom. The molecule has 6 nitrogen and oxygen atoms in total. The van der Waals surface area contributed by atoms with Gasteiger partial charge in [0.2, 0.25) is 0 Å². The van der Waals surface area contributed by atoms with Crippen molar-refractivity contribution in [2.24, 2.45) is 14.1 Å². The van der Waals surface area contributed by atoms with E-state index in [0.29, 0.717) is 5.69 Å². The summed E-state index contributed by atoms with van der Waals surface area (Å²) >= 11 is 0. The molecule has 0 aliphatic rings. The zero-order valence-corrected chi connectivity index (χ0v) is 10.8. The van der Waals surface area contributed by atoms with Crippen molar-refractivity contribution in [1.82, 2.24) is 24.6 Å². The Bertz CT molecular complexity index is 542. The summed E-state index contributed by atoms with van der Waals surface area (Å²) in [5.41, 5.74) is 1.56. The van der Waals surface area contributed by atoms with Crippen LogP contribution in [-0.2, 0) is 14.1 Å². The van der Waals surface area contributed by atoms with Crippen LogP contribution in [0.25, 0.3) is 0 Å². The lowest BCUT2D eigenvalue weighted by molar-refractivity contribution is 0.0927. The molecule has 1 atom stereocenters. The quantitative estimate of drug-likeness (QED) is 0.877. The number of carbonyl (C=O) groups is 1. The fourth-order valence-corrected chi connectivity index (χ4v) is 1.85. The smallest absolute Gasteiger partial charge is 0.270 e. The molecule has 2 aromatic heterocycles. The molecule has 6 heteroatoms. The van der Waals surface area contributed by atoms with Crippen LogP contribution in [0.5, 0.6) is 0 Å². The summed E-state index contributed by atoms with van der Waals surface area (Å²) in [6.45, 7) is 2.03. The molecule has 2 rings (SSSR count). The van der Waals surface area contributed by atoms with E-state index in [1.54, 1.807) is 35.0 Å². The Labute approximate surface area is 106 Å². The van der Waals surface area contributed by atoms with Gasteiger partial charge in [0.05, 0.1) is 24.8 Å². The molecule has 0 aliphatic heterocycles. The molecule has 0 aliphatic carbocycles. The van der Waals surface area contributed by atoms with E-state index in [2.05, 4.69) is 15.4 Å². The highest BCUT2D eigenvalue weighted by molar-refractivity contribution is 5.92. The molecule has 2 aromatic rings. The van der Waals surface area contributed by atoms with Crippen LogP contribution in [-0.4, -0.2) is 25.2 Å². The molecule has 1 amide bonds. The molecule has 0 bridgehead atoms. The van der Waals surface area contributed by atoms with Gasteiger partial charge in [0, 0.05) is 25.9 Å². The number of nitrogens with one attached hydrogen (secondary N) is 1. The molecule has 0 saturated carbocycles. The Hall–Kier alpha value is -2.11. The van der Waals surface area contributed by atoms with Gasteiger partial charge in [-0.05, 0) is 6.42 Å². The van der Waals surface area contributed by atoms with Gasteiger partial charge in [-0.1, -0.05) is 6.92 Å². The van der Waals surface area contributed by atoms with Crippen LogP contribution >= 0.6 is 0 Å². The number of nitrogens with zero attached hydrogens (tertiary/aromatic N) is 4. The van der Waals surface area contributed by atoms with Crippen molar-refractivity contribution in [2.75, 3.05) is 0 Å². The van der Waals surface area contributed by atoms with Gasteiger partial charge in [0.25, 0.3) is 5.91 Å². The maximum atomic E-state index is 12.1. The molecule has 0 unspecified atom stereocenters. The van der Waals surface area contributed by atoms with Gasteiger partial charge < -0.3 is 9.88 Å². The van der Waals surface area contributed by atoms with E-state index in [-0.39, 0.29) is 11.9 Å². The van der Waals surface area contributed by atoms with Crippen molar-refractivity contribution in [2.45, 2.75) is 19.4 Å². The molecule has 0 saturated heterocycles. The van der Waals surface area contributed by atoms with Crippen molar-refractivity contribution in [3.8, 4) is 0 Å². The molecule has 1 N–H and O–H groups in total. The van der Waals surface area contributed by atoms with E-state index < -0.39 is 0 Å². The topological polar surface area (TPSA) is 64.7 Å². The zero-order chi connectivity index (χ0) is 13.1.